The van der Waals surface area contributed by atoms with Crippen LogP contribution in [0.3, 0.4) is 0 Å². The Morgan fingerprint density at radius 3 is 2.72 bits per heavy atom. The van der Waals surface area contributed by atoms with E-state index in [-0.39, 0.29) is 48.9 Å². The number of rotatable bonds is 9. The average molecular weight is 402 g/mol. The first kappa shape index (κ1) is 20.2. The molecule has 0 aliphatic carbocycles. The maximum atomic E-state index is 12.9. The Morgan fingerprint density at radius 1 is 1.28 bits per heavy atom. The first-order valence-electron chi connectivity index (χ1n) is 8.71. The van der Waals surface area contributed by atoms with Crippen molar-refractivity contribution in [1.82, 2.24) is 4.90 Å². The number of hydrogen-bond donors (Lipinski definition) is 2. The van der Waals surface area contributed by atoms with Crippen LogP contribution in [0, 0.1) is 10.1 Å². The smallest absolute Gasteiger partial charge is 0.290 e. The van der Waals surface area contributed by atoms with E-state index in [1.807, 2.05) is 0 Å². The van der Waals surface area contributed by atoms with Crippen LogP contribution in [0.5, 0.6) is 0 Å². The molecule has 29 heavy (non-hydrogen) atoms. The molecule has 2 N–H and O–H groups in total. The van der Waals surface area contributed by atoms with Crippen LogP contribution in [0.1, 0.15) is 22.2 Å². The van der Waals surface area contributed by atoms with E-state index in [1.54, 1.807) is 0 Å². The van der Waals surface area contributed by atoms with Gasteiger partial charge in [0.2, 0.25) is 5.78 Å². The van der Waals surface area contributed by atoms with Crippen molar-refractivity contribution < 1.29 is 33.9 Å². The number of Topliss-reactive ketones (excluding diaryl/α,β-unsaturated/α-hetero) is 1. The summed E-state index contributed by atoms with van der Waals surface area (Å²) in [7, 11) is 0. The van der Waals surface area contributed by atoms with Crippen LogP contribution < -0.4 is 0 Å². The quantitative estimate of drug-likeness (QED) is 0.280. The van der Waals surface area contributed by atoms with E-state index >= 15 is 0 Å². The molecule has 0 bridgehead atoms. The van der Waals surface area contributed by atoms with Gasteiger partial charge in [-0.25, -0.2) is 0 Å². The van der Waals surface area contributed by atoms with Crippen molar-refractivity contribution in [3.63, 3.8) is 0 Å². The maximum absolute atomic E-state index is 12.9. The molecule has 1 aliphatic heterocycles. The van der Waals surface area contributed by atoms with Gasteiger partial charge < -0.3 is 24.3 Å². The number of aliphatic hydroxyl groups excluding tert-OH is 2. The molecule has 1 aliphatic rings. The lowest BCUT2D eigenvalue weighted by atomic mass is 9.95. The molecule has 0 spiro atoms. The summed E-state index contributed by atoms with van der Waals surface area (Å²) >= 11 is 0. The summed E-state index contributed by atoms with van der Waals surface area (Å²) in [6, 6.07) is 7.32. The molecule has 0 unspecified atom stereocenters. The zero-order valence-corrected chi connectivity index (χ0v) is 15.2. The molecule has 0 fully saturated rings. The van der Waals surface area contributed by atoms with Crippen LogP contribution in [0.4, 0.5) is 5.69 Å². The Labute approximate surface area is 164 Å². The van der Waals surface area contributed by atoms with Crippen molar-refractivity contribution in [2.24, 2.45) is 0 Å². The van der Waals surface area contributed by atoms with E-state index in [0.717, 1.165) is 0 Å². The molecule has 10 heteroatoms. The van der Waals surface area contributed by atoms with Crippen molar-refractivity contribution in [1.29, 1.82) is 0 Å². The lowest BCUT2D eigenvalue weighted by Gasteiger charge is -2.26. The Morgan fingerprint density at radius 2 is 2.07 bits per heavy atom. The number of carbonyl (C=O) groups is 2. The molecular weight excluding hydrogens is 384 g/mol. The van der Waals surface area contributed by atoms with E-state index in [4.69, 9.17) is 14.3 Å². The zero-order chi connectivity index (χ0) is 21.0. The number of benzene rings is 1. The summed E-state index contributed by atoms with van der Waals surface area (Å²) in [5.41, 5.74) is -0.163. The fraction of sp³-hybridized carbons (Fsp3) is 0.263. The minimum atomic E-state index is -1.06. The minimum absolute atomic E-state index is 0.00874. The van der Waals surface area contributed by atoms with Gasteiger partial charge in [-0.05, 0) is 17.7 Å². The number of nitrogens with zero attached hydrogens (tertiary/aromatic N) is 2. The molecule has 1 amide bonds. The van der Waals surface area contributed by atoms with Crippen LogP contribution in [0.15, 0.2) is 58.4 Å². The Hall–Kier alpha value is -3.50. The van der Waals surface area contributed by atoms with Gasteiger partial charge in [-0.15, -0.1) is 0 Å². The number of non-ortho nitro benzene ring substituents is 1. The molecule has 1 atom stereocenters. The summed E-state index contributed by atoms with van der Waals surface area (Å²) in [4.78, 5) is 37.3. The standard InChI is InChI=1S/C19H18N2O8/c22-7-10-28-9-6-20-16(12-3-1-4-13(11-12)21(26)27)15(18(24)19(20)25)17(23)14-5-2-8-29-14/h1-5,8,11,16,22,24H,6-7,9-10H2/t16-/m1/s1. The number of amides is 1. The average Bonchev–Trinajstić information content (AvgIpc) is 3.33. The summed E-state index contributed by atoms with van der Waals surface area (Å²) in [6.07, 6.45) is 1.28. The topological polar surface area (TPSA) is 143 Å². The van der Waals surface area contributed by atoms with Crippen molar-refractivity contribution in [2.45, 2.75) is 6.04 Å². The fourth-order valence-electron chi connectivity index (χ4n) is 3.14. The lowest BCUT2D eigenvalue weighted by Crippen LogP contribution is -2.34. The van der Waals surface area contributed by atoms with Crippen LogP contribution in [0.2, 0.25) is 0 Å². The number of hydrogen-bond acceptors (Lipinski definition) is 8. The first-order chi connectivity index (χ1) is 14.0. The third kappa shape index (κ3) is 4.03. The van der Waals surface area contributed by atoms with Gasteiger partial charge in [0.25, 0.3) is 11.6 Å². The van der Waals surface area contributed by atoms with Crippen LogP contribution >= 0.6 is 0 Å². The van der Waals surface area contributed by atoms with Crippen LogP contribution in [-0.4, -0.2) is 58.1 Å². The molecule has 2 heterocycles. The summed E-state index contributed by atoms with van der Waals surface area (Å²) in [6.45, 7) is -0.118. The first-order valence-corrected chi connectivity index (χ1v) is 8.71. The second kappa shape index (κ2) is 8.67. The van der Waals surface area contributed by atoms with Gasteiger partial charge in [-0.1, -0.05) is 12.1 Å². The van der Waals surface area contributed by atoms with Crippen molar-refractivity contribution >= 4 is 17.4 Å². The van der Waals surface area contributed by atoms with Crippen LogP contribution in [-0.2, 0) is 9.53 Å². The van der Waals surface area contributed by atoms with E-state index in [1.165, 1.54) is 47.6 Å². The van der Waals surface area contributed by atoms with Gasteiger partial charge >= 0.3 is 0 Å². The highest BCUT2D eigenvalue weighted by atomic mass is 16.6. The molecule has 10 nitrogen and oxygen atoms in total. The third-order valence-electron chi connectivity index (χ3n) is 4.40. The molecule has 0 saturated carbocycles. The van der Waals surface area contributed by atoms with E-state index in [0.29, 0.717) is 0 Å². The number of aliphatic hydroxyl groups is 2. The number of ether oxygens (including phenoxy) is 1. The van der Waals surface area contributed by atoms with Crippen LogP contribution in [0.25, 0.3) is 0 Å². The highest BCUT2D eigenvalue weighted by Gasteiger charge is 2.44. The molecule has 1 aromatic heterocycles. The summed E-state index contributed by atoms with van der Waals surface area (Å²) in [5.74, 6) is -2.32. The van der Waals surface area contributed by atoms with Gasteiger partial charge in [-0.2, -0.15) is 0 Å². The lowest BCUT2D eigenvalue weighted by molar-refractivity contribution is -0.384. The van der Waals surface area contributed by atoms with Gasteiger partial charge in [-0.3, -0.25) is 19.7 Å². The molecule has 3 rings (SSSR count). The number of nitro benzene ring substituents is 1. The molecule has 0 radical (unpaired) electrons. The number of carbonyl (C=O) groups excluding carboxylic acids is 2. The maximum Gasteiger partial charge on any atom is 0.290 e. The molecule has 2 aromatic rings. The minimum Gasteiger partial charge on any atom is -0.503 e. The van der Waals surface area contributed by atoms with E-state index in [9.17, 15) is 24.8 Å². The summed E-state index contributed by atoms with van der Waals surface area (Å²) < 4.78 is 10.3. The fourth-order valence-corrected chi connectivity index (χ4v) is 3.14. The Balaban J connectivity index is 2.02. The molecule has 152 valence electrons. The molecular formula is C19H18N2O8. The van der Waals surface area contributed by atoms with Crippen molar-refractivity contribution in [2.75, 3.05) is 26.4 Å². The largest absolute Gasteiger partial charge is 0.503 e. The third-order valence-corrected chi connectivity index (χ3v) is 4.40. The second-order valence-corrected chi connectivity index (χ2v) is 6.16. The second-order valence-electron chi connectivity index (χ2n) is 6.16. The highest BCUT2D eigenvalue weighted by molar-refractivity contribution is 6.15. The van der Waals surface area contributed by atoms with Gasteiger partial charge in [0.1, 0.15) is 0 Å². The SMILES string of the molecule is O=C(C1=C(O)C(=O)N(CCOCCO)[C@@H]1c1cccc([N+](=O)[O-])c1)c1ccco1. The zero-order valence-electron chi connectivity index (χ0n) is 15.2. The molecule has 1 aromatic carbocycles. The number of nitro groups is 1. The Bertz CT molecular complexity index is 951. The summed E-state index contributed by atoms with van der Waals surface area (Å²) in [5, 5.41) is 30.4. The monoisotopic (exact) mass is 402 g/mol. The van der Waals surface area contributed by atoms with Gasteiger partial charge in [0.15, 0.2) is 11.5 Å². The normalized spacial score (nSPS) is 16.5. The highest BCUT2D eigenvalue weighted by Crippen LogP contribution is 2.39. The predicted octanol–water partition coefficient (Wildman–Crippen LogP) is 1.77. The molecule has 0 saturated heterocycles. The number of ketones is 1. The Kier molecular flexibility index (Phi) is 6.05. The van der Waals surface area contributed by atoms with Crippen molar-refractivity contribution in [3.8, 4) is 0 Å². The van der Waals surface area contributed by atoms with Crippen molar-refractivity contribution in [3.05, 3.63) is 75.4 Å². The van der Waals surface area contributed by atoms with E-state index < -0.39 is 28.4 Å². The number of furan rings is 1. The predicted molar refractivity (Wildman–Crippen MR) is 98.1 cm³/mol. The van der Waals surface area contributed by atoms with E-state index in [2.05, 4.69) is 0 Å². The van der Waals surface area contributed by atoms with Gasteiger partial charge in [0, 0.05) is 18.7 Å². The van der Waals surface area contributed by atoms with Gasteiger partial charge in [0.05, 0.1) is 42.6 Å².